The maximum absolute atomic E-state index is 12.4. The molecule has 23 heavy (non-hydrogen) atoms. The van der Waals surface area contributed by atoms with Crippen LogP contribution < -0.4 is 5.48 Å². The molecule has 0 heterocycles. The fourth-order valence-electron chi connectivity index (χ4n) is 2.36. The SMILES string of the molecule is O=C(NOCc1ccccc1)c1ccccc1-c1ccccc1. The van der Waals surface area contributed by atoms with Crippen LogP contribution in [0.2, 0.25) is 0 Å². The number of carbonyl (C=O) groups excluding carboxylic acids is 1. The minimum atomic E-state index is -0.250. The highest BCUT2D eigenvalue weighted by Crippen LogP contribution is 2.23. The second-order valence-electron chi connectivity index (χ2n) is 5.12. The van der Waals surface area contributed by atoms with E-state index in [-0.39, 0.29) is 5.91 Å². The van der Waals surface area contributed by atoms with Crippen molar-refractivity contribution in [2.45, 2.75) is 6.61 Å². The zero-order valence-electron chi connectivity index (χ0n) is 12.6. The van der Waals surface area contributed by atoms with E-state index in [1.54, 1.807) is 6.07 Å². The molecule has 0 fully saturated rings. The molecule has 0 unspecified atom stereocenters. The highest BCUT2D eigenvalue weighted by molar-refractivity contribution is 6.00. The first kappa shape index (κ1) is 15.0. The van der Waals surface area contributed by atoms with Crippen LogP contribution in [0.5, 0.6) is 0 Å². The van der Waals surface area contributed by atoms with E-state index in [4.69, 9.17) is 4.84 Å². The van der Waals surface area contributed by atoms with Crippen LogP contribution in [-0.4, -0.2) is 5.91 Å². The smallest absolute Gasteiger partial charge is 0.269 e. The summed E-state index contributed by atoms with van der Waals surface area (Å²) in [6.07, 6.45) is 0. The van der Waals surface area contributed by atoms with Crippen molar-refractivity contribution in [3.63, 3.8) is 0 Å². The Bertz CT molecular complexity index is 770. The Morgan fingerprint density at radius 1 is 0.783 bits per heavy atom. The van der Waals surface area contributed by atoms with Gasteiger partial charge in [0.05, 0.1) is 6.61 Å². The normalized spacial score (nSPS) is 10.3. The van der Waals surface area contributed by atoms with Crippen molar-refractivity contribution in [3.8, 4) is 11.1 Å². The summed E-state index contributed by atoms with van der Waals surface area (Å²) in [6.45, 7) is 0.333. The van der Waals surface area contributed by atoms with Gasteiger partial charge in [0.2, 0.25) is 0 Å². The number of nitrogens with one attached hydrogen (secondary N) is 1. The Labute approximate surface area is 135 Å². The Morgan fingerprint density at radius 2 is 1.39 bits per heavy atom. The molecule has 1 amide bonds. The third-order valence-corrected chi connectivity index (χ3v) is 3.50. The van der Waals surface area contributed by atoms with Crippen LogP contribution in [0.4, 0.5) is 0 Å². The van der Waals surface area contributed by atoms with E-state index in [0.29, 0.717) is 12.2 Å². The fraction of sp³-hybridized carbons (Fsp3) is 0.0500. The summed E-state index contributed by atoms with van der Waals surface area (Å²) >= 11 is 0. The fourth-order valence-corrected chi connectivity index (χ4v) is 2.36. The van der Waals surface area contributed by atoms with Crippen molar-refractivity contribution >= 4 is 5.91 Å². The predicted octanol–water partition coefficient (Wildman–Crippen LogP) is 4.22. The number of hydrogen-bond donors (Lipinski definition) is 1. The van der Waals surface area contributed by atoms with Gasteiger partial charge in [-0.15, -0.1) is 0 Å². The zero-order valence-corrected chi connectivity index (χ0v) is 12.6. The average Bonchev–Trinajstić information content (AvgIpc) is 2.63. The van der Waals surface area contributed by atoms with E-state index >= 15 is 0 Å². The van der Waals surface area contributed by atoms with Gasteiger partial charge in [0, 0.05) is 5.56 Å². The first-order chi connectivity index (χ1) is 11.3. The van der Waals surface area contributed by atoms with Gasteiger partial charge in [-0.05, 0) is 22.8 Å². The molecule has 3 aromatic rings. The summed E-state index contributed by atoms with van der Waals surface area (Å²) in [4.78, 5) is 17.7. The highest BCUT2D eigenvalue weighted by atomic mass is 16.6. The quantitative estimate of drug-likeness (QED) is 0.717. The maximum atomic E-state index is 12.4. The molecule has 0 bridgehead atoms. The van der Waals surface area contributed by atoms with Gasteiger partial charge >= 0.3 is 0 Å². The summed E-state index contributed by atoms with van der Waals surface area (Å²) in [5, 5.41) is 0. The molecule has 0 aliphatic heterocycles. The number of benzene rings is 3. The lowest BCUT2D eigenvalue weighted by atomic mass is 9.99. The Balaban J connectivity index is 1.70. The maximum Gasteiger partial charge on any atom is 0.275 e. The standard InChI is InChI=1S/C20H17NO2/c22-20(21-23-15-16-9-3-1-4-10-16)19-14-8-7-13-18(19)17-11-5-2-6-12-17/h1-14H,15H2,(H,21,22). The van der Waals surface area contributed by atoms with Gasteiger partial charge in [0.15, 0.2) is 0 Å². The van der Waals surface area contributed by atoms with Crippen molar-refractivity contribution in [1.29, 1.82) is 0 Å². The lowest BCUT2D eigenvalue weighted by molar-refractivity contribution is 0.0234. The van der Waals surface area contributed by atoms with Gasteiger partial charge in [-0.2, -0.15) is 0 Å². The summed E-state index contributed by atoms with van der Waals surface area (Å²) in [6, 6.07) is 27.0. The van der Waals surface area contributed by atoms with Crippen molar-refractivity contribution in [2.75, 3.05) is 0 Å². The first-order valence-corrected chi connectivity index (χ1v) is 7.45. The molecule has 0 aliphatic carbocycles. The molecule has 114 valence electrons. The highest BCUT2D eigenvalue weighted by Gasteiger charge is 2.12. The van der Waals surface area contributed by atoms with E-state index in [1.807, 2.05) is 78.9 Å². The lowest BCUT2D eigenvalue weighted by Gasteiger charge is -2.10. The Hall–Kier alpha value is -2.91. The minimum Gasteiger partial charge on any atom is -0.269 e. The van der Waals surface area contributed by atoms with Crippen molar-refractivity contribution in [1.82, 2.24) is 5.48 Å². The zero-order chi connectivity index (χ0) is 15.9. The molecule has 1 N–H and O–H groups in total. The summed E-state index contributed by atoms with van der Waals surface area (Å²) in [5.41, 5.74) is 6.00. The molecule has 0 aromatic heterocycles. The Morgan fingerprint density at radius 3 is 2.13 bits per heavy atom. The van der Waals surface area contributed by atoms with E-state index in [9.17, 15) is 4.79 Å². The molecule has 0 atom stereocenters. The monoisotopic (exact) mass is 303 g/mol. The number of carbonyl (C=O) groups is 1. The van der Waals surface area contributed by atoms with Crippen LogP contribution in [0.3, 0.4) is 0 Å². The molecule has 0 aliphatic rings. The van der Waals surface area contributed by atoms with Gasteiger partial charge in [0.25, 0.3) is 5.91 Å². The Kier molecular flexibility index (Phi) is 4.82. The number of amides is 1. The second-order valence-corrected chi connectivity index (χ2v) is 5.12. The van der Waals surface area contributed by atoms with E-state index in [0.717, 1.165) is 16.7 Å². The van der Waals surface area contributed by atoms with Gasteiger partial charge in [0.1, 0.15) is 0 Å². The molecular formula is C20H17NO2. The third kappa shape index (κ3) is 3.84. The number of rotatable bonds is 5. The van der Waals surface area contributed by atoms with Crippen LogP contribution in [0.1, 0.15) is 15.9 Å². The molecule has 0 saturated carbocycles. The summed E-state index contributed by atoms with van der Waals surface area (Å²) in [7, 11) is 0. The molecular weight excluding hydrogens is 286 g/mol. The van der Waals surface area contributed by atoms with E-state index in [1.165, 1.54) is 0 Å². The topological polar surface area (TPSA) is 38.3 Å². The molecule has 0 spiro atoms. The van der Waals surface area contributed by atoms with E-state index < -0.39 is 0 Å². The van der Waals surface area contributed by atoms with Gasteiger partial charge in [-0.25, -0.2) is 5.48 Å². The van der Waals surface area contributed by atoms with Crippen LogP contribution in [0, 0.1) is 0 Å². The lowest BCUT2D eigenvalue weighted by Crippen LogP contribution is -2.24. The third-order valence-electron chi connectivity index (χ3n) is 3.50. The van der Waals surface area contributed by atoms with Crippen molar-refractivity contribution in [3.05, 3.63) is 96.1 Å². The van der Waals surface area contributed by atoms with Gasteiger partial charge in [-0.1, -0.05) is 78.9 Å². The van der Waals surface area contributed by atoms with Gasteiger partial charge < -0.3 is 0 Å². The van der Waals surface area contributed by atoms with Crippen LogP contribution >= 0.6 is 0 Å². The predicted molar refractivity (Wildman–Crippen MR) is 90.6 cm³/mol. The second kappa shape index (κ2) is 7.38. The van der Waals surface area contributed by atoms with Crippen molar-refractivity contribution < 1.29 is 9.63 Å². The average molecular weight is 303 g/mol. The van der Waals surface area contributed by atoms with Crippen LogP contribution in [0.25, 0.3) is 11.1 Å². The largest absolute Gasteiger partial charge is 0.275 e. The molecule has 3 aromatic carbocycles. The molecule has 3 nitrogen and oxygen atoms in total. The van der Waals surface area contributed by atoms with Crippen LogP contribution in [-0.2, 0) is 11.4 Å². The van der Waals surface area contributed by atoms with E-state index in [2.05, 4.69) is 5.48 Å². The number of hydroxylamine groups is 1. The summed E-state index contributed by atoms with van der Waals surface area (Å²) in [5.74, 6) is -0.250. The molecule has 3 heteroatoms. The number of hydrogen-bond acceptors (Lipinski definition) is 2. The molecule has 3 rings (SSSR count). The van der Waals surface area contributed by atoms with Crippen molar-refractivity contribution in [2.24, 2.45) is 0 Å². The summed E-state index contributed by atoms with van der Waals surface area (Å²) < 4.78 is 0. The van der Waals surface area contributed by atoms with Gasteiger partial charge in [-0.3, -0.25) is 9.63 Å². The molecule has 0 saturated heterocycles. The molecule has 0 radical (unpaired) electrons. The first-order valence-electron chi connectivity index (χ1n) is 7.45. The van der Waals surface area contributed by atoms with Crippen LogP contribution in [0.15, 0.2) is 84.9 Å². The minimum absolute atomic E-state index is 0.250.